The smallest absolute Gasteiger partial charge is 0.244 e. The predicted octanol–water partition coefficient (Wildman–Crippen LogP) is 3.39. The fourth-order valence-electron chi connectivity index (χ4n) is 2.93. The molecule has 0 radical (unpaired) electrons. The Bertz CT molecular complexity index is 963. The van der Waals surface area contributed by atoms with E-state index >= 15 is 0 Å². The highest BCUT2D eigenvalue weighted by Gasteiger charge is 2.32. The van der Waals surface area contributed by atoms with Crippen molar-refractivity contribution in [1.82, 2.24) is 5.32 Å². The maximum Gasteiger partial charge on any atom is 0.244 e. The van der Waals surface area contributed by atoms with Gasteiger partial charge in [-0.2, -0.15) is 0 Å². The molecule has 0 spiro atoms. The highest BCUT2D eigenvalue weighted by molar-refractivity contribution is 7.92. The molecule has 0 aromatic heterocycles. The summed E-state index contributed by atoms with van der Waals surface area (Å²) >= 11 is 6.05. The fourth-order valence-corrected chi connectivity index (χ4v) is 4.26. The van der Waals surface area contributed by atoms with Gasteiger partial charge in [0.1, 0.15) is 17.5 Å². The van der Waals surface area contributed by atoms with Gasteiger partial charge in [-0.05, 0) is 49.7 Å². The number of rotatable bonds is 8. The number of hydrogen-bond donors (Lipinski definition) is 1. The molecule has 2 aromatic rings. The molecule has 0 bridgehead atoms. The number of carbonyl (C=O) groups excluding carboxylic acids is 1. The van der Waals surface area contributed by atoms with Crippen molar-refractivity contribution >= 4 is 33.2 Å². The highest BCUT2D eigenvalue weighted by Crippen LogP contribution is 2.34. The Balaban J connectivity index is 2.30. The van der Waals surface area contributed by atoms with Crippen LogP contribution in [0.25, 0.3) is 0 Å². The van der Waals surface area contributed by atoms with Gasteiger partial charge in [0, 0.05) is 5.02 Å². The second-order valence-electron chi connectivity index (χ2n) is 6.55. The molecule has 9 heteroatoms. The third-order valence-electron chi connectivity index (χ3n) is 4.44. The molecule has 1 N–H and O–H groups in total. The van der Waals surface area contributed by atoms with Gasteiger partial charge in [0.25, 0.3) is 0 Å². The summed E-state index contributed by atoms with van der Waals surface area (Å²) < 4.78 is 36.4. The number of hydrogen-bond acceptors (Lipinski definition) is 5. The summed E-state index contributed by atoms with van der Waals surface area (Å²) in [5, 5.41) is 3.18. The highest BCUT2D eigenvalue weighted by atomic mass is 35.5. The summed E-state index contributed by atoms with van der Waals surface area (Å²) in [4.78, 5) is 12.9. The first-order valence-electron chi connectivity index (χ1n) is 8.85. The first-order valence-corrected chi connectivity index (χ1v) is 11.1. The normalized spacial score (nSPS) is 13.3. The lowest BCUT2D eigenvalue weighted by atomic mass is 10.1. The van der Waals surface area contributed by atoms with Gasteiger partial charge in [0.15, 0.2) is 0 Å². The number of halogens is 1. The largest absolute Gasteiger partial charge is 0.497 e. The summed E-state index contributed by atoms with van der Waals surface area (Å²) in [6.45, 7) is 3.33. The van der Waals surface area contributed by atoms with Gasteiger partial charge < -0.3 is 14.8 Å². The fraction of sp³-hybridized carbons (Fsp3) is 0.350. The van der Waals surface area contributed by atoms with Gasteiger partial charge >= 0.3 is 0 Å². The number of anilines is 1. The van der Waals surface area contributed by atoms with Crippen molar-refractivity contribution in [2.45, 2.75) is 25.9 Å². The first-order chi connectivity index (χ1) is 13.6. The van der Waals surface area contributed by atoms with Gasteiger partial charge in [-0.15, -0.1) is 0 Å². The number of sulfonamides is 1. The number of carbonyl (C=O) groups is 1. The lowest BCUT2D eigenvalue weighted by Gasteiger charge is -2.30. The van der Waals surface area contributed by atoms with E-state index in [-0.39, 0.29) is 11.7 Å². The maximum atomic E-state index is 12.9. The molecule has 0 aliphatic heterocycles. The van der Waals surface area contributed by atoms with Crippen LogP contribution in [0.5, 0.6) is 11.5 Å². The Kier molecular flexibility index (Phi) is 7.37. The molecule has 1 amide bonds. The van der Waals surface area contributed by atoms with Crippen molar-refractivity contribution in [3.8, 4) is 11.5 Å². The topological polar surface area (TPSA) is 84.9 Å². The van der Waals surface area contributed by atoms with Crippen molar-refractivity contribution in [3.63, 3.8) is 0 Å². The van der Waals surface area contributed by atoms with Crippen molar-refractivity contribution in [2.24, 2.45) is 0 Å². The molecule has 0 heterocycles. The molecule has 0 aliphatic rings. The van der Waals surface area contributed by atoms with Crippen LogP contribution in [0.4, 0.5) is 5.69 Å². The van der Waals surface area contributed by atoms with Gasteiger partial charge in [0.2, 0.25) is 15.9 Å². The summed E-state index contributed by atoms with van der Waals surface area (Å²) in [5.74, 6) is 0.542. The lowest BCUT2D eigenvalue weighted by Crippen LogP contribution is -2.48. The van der Waals surface area contributed by atoms with Gasteiger partial charge in [-0.1, -0.05) is 23.7 Å². The molecular formula is C20H25ClN2O5S. The van der Waals surface area contributed by atoms with Crippen LogP contribution >= 0.6 is 11.6 Å². The molecule has 0 unspecified atom stereocenters. The van der Waals surface area contributed by atoms with E-state index in [2.05, 4.69) is 5.32 Å². The van der Waals surface area contributed by atoms with E-state index in [0.717, 1.165) is 16.1 Å². The molecule has 7 nitrogen and oxygen atoms in total. The Morgan fingerprint density at radius 3 is 2.21 bits per heavy atom. The minimum atomic E-state index is -3.80. The zero-order valence-corrected chi connectivity index (χ0v) is 18.5. The second kappa shape index (κ2) is 9.37. The number of nitrogens with one attached hydrogen (secondary N) is 1. The standard InChI is InChI=1S/C20H25ClN2O5S/c1-13(15-6-9-17(27-3)10-7-15)22-20(24)14(2)23(29(5,25)26)18-12-16(21)8-11-19(18)28-4/h6-14H,1-5H3,(H,22,24)/t13-,14+/m1/s1. The average Bonchev–Trinajstić information content (AvgIpc) is 2.67. The quantitative estimate of drug-likeness (QED) is 0.680. The molecule has 2 atom stereocenters. The van der Waals surface area contributed by atoms with Crippen LogP contribution in [0.15, 0.2) is 42.5 Å². The van der Waals surface area contributed by atoms with Crippen molar-refractivity contribution in [2.75, 3.05) is 24.8 Å². The third kappa shape index (κ3) is 5.55. The number of nitrogens with zero attached hydrogens (tertiary/aromatic N) is 1. The van der Waals surface area contributed by atoms with Crippen LogP contribution < -0.4 is 19.1 Å². The van der Waals surface area contributed by atoms with Crippen LogP contribution in [0.3, 0.4) is 0 Å². The average molecular weight is 441 g/mol. The molecule has 2 aromatic carbocycles. The van der Waals surface area contributed by atoms with E-state index in [1.807, 2.05) is 19.1 Å². The Hall–Kier alpha value is -2.45. The number of methoxy groups -OCH3 is 2. The van der Waals surface area contributed by atoms with E-state index in [4.69, 9.17) is 21.1 Å². The Labute approximate surface area is 176 Å². The van der Waals surface area contributed by atoms with Crippen molar-refractivity contribution in [3.05, 3.63) is 53.1 Å². The summed E-state index contributed by atoms with van der Waals surface area (Å²) in [6.07, 6.45) is 1.03. The number of amides is 1. The molecule has 0 aliphatic carbocycles. The molecule has 29 heavy (non-hydrogen) atoms. The second-order valence-corrected chi connectivity index (χ2v) is 8.85. The zero-order valence-electron chi connectivity index (χ0n) is 17.0. The maximum absolute atomic E-state index is 12.9. The van der Waals surface area contributed by atoms with Crippen LogP contribution in [0.1, 0.15) is 25.5 Å². The van der Waals surface area contributed by atoms with Crippen LogP contribution in [-0.2, 0) is 14.8 Å². The van der Waals surface area contributed by atoms with Crippen molar-refractivity contribution < 1.29 is 22.7 Å². The summed E-state index contributed by atoms with van der Waals surface area (Å²) in [6, 6.07) is 10.5. The van der Waals surface area contributed by atoms with E-state index in [0.29, 0.717) is 16.5 Å². The minimum absolute atomic E-state index is 0.197. The molecule has 0 fully saturated rings. The van der Waals surface area contributed by atoms with Gasteiger partial charge in [-0.25, -0.2) is 8.42 Å². The first kappa shape index (κ1) is 22.8. The SMILES string of the molecule is COc1ccc([C@@H](C)NC(=O)[C@H](C)N(c2cc(Cl)ccc2OC)S(C)(=O)=O)cc1. The Morgan fingerprint density at radius 1 is 1.07 bits per heavy atom. The molecule has 0 saturated carbocycles. The van der Waals surface area contributed by atoms with E-state index < -0.39 is 22.0 Å². The number of benzene rings is 2. The van der Waals surface area contributed by atoms with E-state index in [1.165, 1.54) is 20.1 Å². The third-order valence-corrected chi connectivity index (χ3v) is 5.90. The molecule has 158 valence electrons. The zero-order chi connectivity index (χ0) is 21.8. The lowest BCUT2D eigenvalue weighted by molar-refractivity contribution is -0.122. The number of ether oxygens (including phenoxy) is 2. The molecule has 2 rings (SSSR count). The van der Waals surface area contributed by atoms with Crippen LogP contribution in [0, 0.1) is 0 Å². The monoisotopic (exact) mass is 440 g/mol. The van der Waals surface area contributed by atoms with Gasteiger partial charge in [-0.3, -0.25) is 9.10 Å². The molecular weight excluding hydrogens is 416 g/mol. The van der Waals surface area contributed by atoms with Crippen molar-refractivity contribution in [1.29, 1.82) is 0 Å². The van der Waals surface area contributed by atoms with E-state index in [1.54, 1.807) is 31.4 Å². The van der Waals surface area contributed by atoms with Crippen LogP contribution in [0.2, 0.25) is 5.02 Å². The summed E-state index contributed by atoms with van der Waals surface area (Å²) in [7, 11) is -0.808. The Morgan fingerprint density at radius 2 is 1.69 bits per heavy atom. The van der Waals surface area contributed by atoms with Gasteiger partial charge in [0.05, 0.1) is 32.2 Å². The van der Waals surface area contributed by atoms with Crippen LogP contribution in [-0.4, -0.2) is 40.8 Å². The molecule has 0 saturated heterocycles. The van der Waals surface area contributed by atoms with E-state index in [9.17, 15) is 13.2 Å². The summed E-state index contributed by atoms with van der Waals surface area (Å²) in [5.41, 5.74) is 1.06. The predicted molar refractivity (Wildman–Crippen MR) is 114 cm³/mol. The minimum Gasteiger partial charge on any atom is -0.497 e.